The van der Waals surface area contributed by atoms with Gasteiger partial charge in [-0.05, 0) is 36.1 Å². The van der Waals surface area contributed by atoms with Crippen molar-refractivity contribution >= 4 is 0 Å². The number of rotatable bonds is 9. The fourth-order valence-electron chi connectivity index (χ4n) is 2.44. The van der Waals surface area contributed by atoms with Crippen LogP contribution in [0.1, 0.15) is 45.7 Å². The molecule has 1 aromatic rings. The molecular formula is C18H32N2. The fraction of sp³-hybridized carbons (Fsp3) is 0.667. The predicted octanol–water partition coefficient (Wildman–Crippen LogP) is 3.91. The van der Waals surface area contributed by atoms with Gasteiger partial charge in [0.25, 0.3) is 0 Å². The van der Waals surface area contributed by atoms with Gasteiger partial charge in [0, 0.05) is 19.6 Å². The molecule has 0 saturated heterocycles. The molecule has 0 fully saturated rings. The van der Waals surface area contributed by atoms with Crippen LogP contribution < -0.4 is 5.32 Å². The van der Waals surface area contributed by atoms with Crippen LogP contribution in [0.25, 0.3) is 0 Å². The molecule has 0 amide bonds. The van der Waals surface area contributed by atoms with Crippen LogP contribution in [0.15, 0.2) is 24.3 Å². The van der Waals surface area contributed by atoms with Gasteiger partial charge in [0.05, 0.1) is 0 Å². The van der Waals surface area contributed by atoms with Gasteiger partial charge in [0.1, 0.15) is 0 Å². The summed E-state index contributed by atoms with van der Waals surface area (Å²) in [6, 6.07) is 8.83. The summed E-state index contributed by atoms with van der Waals surface area (Å²) in [4.78, 5) is 2.53. The van der Waals surface area contributed by atoms with E-state index in [-0.39, 0.29) is 0 Å². The van der Waals surface area contributed by atoms with Gasteiger partial charge in [-0.3, -0.25) is 4.90 Å². The zero-order chi connectivity index (χ0) is 15.0. The maximum absolute atomic E-state index is 3.56. The van der Waals surface area contributed by atoms with Gasteiger partial charge in [0.15, 0.2) is 0 Å². The van der Waals surface area contributed by atoms with Crippen LogP contribution in [0.5, 0.6) is 0 Å². The molecule has 0 aliphatic carbocycles. The van der Waals surface area contributed by atoms with E-state index in [0.717, 1.165) is 32.1 Å². The Kier molecular flexibility index (Phi) is 7.86. The summed E-state index contributed by atoms with van der Waals surface area (Å²) < 4.78 is 0. The highest BCUT2D eigenvalue weighted by atomic mass is 15.1. The van der Waals surface area contributed by atoms with E-state index in [1.54, 1.807) is 0 Å². The minimum Gasteiger partial charge on any atom is -0.312 e. The van der Waals surface area contributed by atoms with E-state index in [0.29, 0.717) is 5.92 Å². The molecule has 1 N–H and O–H groups in total. The van der Waals surface area contributed by atoms with E-state index in [9.17, 15) is 0 Å². The molecule has 0 radical (unpaired) electrons. The summed E-state index contributed by atoms with van der Waals surface area (Å²) in [7, 11) is 0. The van der Waals surface area contributed by atoms with Gasteiger partial charge in [-0.15, -0.1) is 0 Å². The lowest BCUT2D eigenvalue weighted by Gasteiger charge is -2.24. The zero-order valence-electron chi connectivity index (χ0n) is 13.9. The molecule has 20 heavy (non-hydrogen) atoms. The Morgan fingerprint density at radius 3 is 2.20 bits per heavy atom. The minimum atomic E-state index is 0.704. The van der Waals surface area contributed by atoms with Gasteiger partial charge in [-0.1, -0.05) is 58.9 Å². The van der Waals surface area contributed by atoms with E-state index in [4.69, 9.17) is 0 Å². The highest BCUT2D eigenvalue weighted by Gasteiger charge is 2.09. The summed E-state index contributed by atoms with van der Waals surface area (Å²) in [6.07, 6.45) is 0. The SMILES string of the molecule is CCN(Cc1ccccc1CNCC(C)C)CC(C)C. The van der Waals surface area contributed by atoms with Crippen molar-refractivity contribution in [1.82, 2.24) is 10.2 Å². The Morgan fingerprint density at radius 2 is 1.65 bits per heavy atom. The van der Waals surface area contributed by atoms with Crippen molar-refractivity contribution in [3.63, 3.8) is 0 Å². The van der Waals surface area contributed by atoms with E-state index < -0.39 is 0 Å². The van der Waals surface area contributed by atoms with Crippen molar-refractivity contribution in [2.75, 3.05) is 19.6 Å². The van der Waals surface area contributed by atoms with Crippen LogP contribution >= 0.6 is 0 Å². The Labute approximate surface area is 125 Å². The average Bonchev–Trinajstić information content (AvgIpc) is 2.39. The zero-order valence-corrected chi connectivity index (χ0v) is 13.9. The molecule has 0 aromatic heterocycles. The molecule has 0 aliphatic heterocycles. The first kappa shape index (κ1) is 17.2. The van der Waals surface area contributed by atoms with Crippen LogP contribution in [0.2, 0.25) is 0 Å². The molecule has 0 atom stereocenters. The summed E-state index contributed by atoms with van der Waals surface area (Å²) >= 11 is 0. The number of benzene rings is 1. The fourth-order valence-corrected chi connectivity index (χ4v) is 2.44. The summed E-state index contributed by atoms with van der Waals surface area (Å²) in [5.41, 5.74) is 2.90. The lowest BCUT2D eigenvalue weighted by Crippen LogP contribution is -2.28. The largest absolute Gasteiger partial charge is 0.312 e. The third-order valence-corrected chi connectivity index (χ3v) is 3.45. The van der Waals surface area contributed by atoms with E-state index in [1.165, 1.54) is 17.7 Å². The van der Waals surface area contributed by atoms with Crippen molar-refractivity contribution in [2.45, 2.75) is 47.7 Å². The standard InChI is InChI=1S/C18H32N2/c1-6-20(13-16(4)5)14-18-10-8-7-9-17(18)12-19-11-15(2)3/h7-10,15-16,19H,6,11-14H2,1-5H3. The van der Waals surface area contributed by atoms with E-state index in [1.807, 2.05) is 0 Å². The second kappa shape index (κ2) is 9.15. The first-order chi connectivity index (χ1) is 9.52. The number of nitrogens with one attached hydrogen (secondary N) is 1. The summed E-state index contributed by atoms with van der Waals surface area (Å²) in [6.45, 7) is 16.7. The van der Waals surface area contributed by atoms with Crippen molar-refractivity contribution < 1.29 is 0 Å². The first-order valence-electron chi connectivity index (χ1n) is 8.02. The van der Waals surface area contributed by atoms with Crippen LogP contribution in [0, 0.1) is 11.8 Å². The summed E-state index contributed by atoms with van der Waals surface area (Å²) in [5.74, 6) is 1.43. The molecule has 0 heterocycles. The maximum Gasteiger partial charge on any atom is 0.0236 e. The number of nitrogens with zero attached hydrogens (tertiary/aromatic N) is 1. The molecule has 114 valence electrons. The molecule has 0 aliphatic rings. The normalized spacial score (nSPS) is 11.8. The monoisotopic (exact) mass is 276 g/mol. The highest BCUT2D eigenvalue weighted by molar-refractivity contribution is 5.27. The molecule has 1 aromatic carbocycles. The average molecular weight is 276 g/mol. The van der Waals surface area contributed by atoms with Crippen LogP contribution in [0.4, 0.5) is 0 Å². The quantitative estimate of drug-likeness (QED) is 0.735. The van der Waals surface area contributed by atoms with Gasteiger partial charge in [-0.25, -0.2) is 0 Å². The topological polar surface area (TPSA) is 15.3 Å². The smallest absolute Gasteiger partial charge is 0.0236 e. The highest BCUT2D eigenvalue weighted by Crippen LogP contribution is 2.13. The van der Waals surface area contributed by atoms with Gasteiger partial charge in [0.2, 0.25) is 0 Å². The van der Waals surface area contributed by atoms with Crippen molar-refractivity contribution in [2.24, 2.45) is 11.8 Å². The second-order valence-electron chi connectivity index (χ2n) is 6.52. The van der Waals surface area contributed by atoms with E-state index in [2.05, 4.69) is 69.1 Å². The molecule has 0 bridgehead atoms. The Bertz CT molecular complexity index is 371. The van der Waals surface area contributed by atoms with Gasteiger partial charge < -0.3 is 5.32 Å². The minimum absolute atomic E-state index is 0.704. The van der Waals surface area contributed by atoms with Crippen molar-refractivity contribution in [3.05, 3.63) is 35.4 Å². The Hall–Kier alpha value is -0.860. The second-order valence-corrected chi connectivity index (χ2v) is 6.52. The Balaban J connectivity index is 2.63. The summed E-state index contributed by atoms with van der Waals surface area (Å²) in [5, 5.41) is 3.56. The lowest BCUT2D eigenvalue weighted by atomic mass is 10.1. The van der Waals surface area contributed by atoms with Crippen molar-refractivity contribution in [3.8, 4) is 0 Å². The number of hydrogen-bond acceptors (Lipinski definition) is 2. The molecule has 0 saturated carbocycles. The first-order valence-corrected chi connectivity index (χ1v) is 8.02. The van der Waals surface area contributed by atoms with E-state index >= 15 is 0 Å². The molecular weight excluding hydrogens is 244 g/mol. The van der Waals surface area contributed by atoms with Crippen LogP contribution in [-0.2, 0) is 13.1 Å². The van der Waals surface area contributed by atoms with Crippen LogP contribution in [0.3, 0.4) is 0 Å². The molecule has 0 unspecified atom stereocenters. The Morgan fingerprint density at radius 1 is 1.00 bits per heavy atom. The van der Waals surface area contributed by atoms with Gasteiger partial charge >= 0.3 is 0 Å². The molecule has 0 spiro atoms. The molecule has 2 heteroatoms. The van der Waals surface area contributed by atoms with Gasteiger partial charge in [-0.2, -0.15) is 0 Å². The lowest BCUT2D eigenvalue weighted by molar-refractivity contribution is 0.247. The predicted molar refractivity (Wildman–Crippen MR) is 88.8 cm³/mol. The maximum atomic E-state index is 3.56. The third-order valence-electron chi connectivity index (χ3n) is 3.45. The third kappa shape index (κ3) is 6.53. The van der Waals surface area contributed by atoms with Crippen molar-refractivity contribution in [1.29, 1.82) is 0 Å². The number of hydrogen-bond donors (Lipinski definition) is 1. The van der Waals surface area contributed by atoms with Crippen LogP contribution in [-0.4, -0.2) is 24.5 Å². The molecule has 2 nitrogen and oxygen atoms in total. The molecule has 1 rings (SSSR count).